The van der Waals surface area contributed by atoms with Gasteiger partial charge in [0.15, 0.2) is 0 Å². The minimum absolute atomic E-state index is 0.257. The van der Waals surface area contributed by atoms with Gasteiger partial charge in [-0.05, 0) is 17.5 Å². The number of hydrogen-bond acceptors (Lipinski definition) is 5. The maximum atomic E-state index is 12.7. The maximum Gasteiger partial charge on any atom is 0.249 e. The van der Waals surface area contributed by atoms with E-state index >= 15 is 0 Å². The molecule has 0 fully saturated rings. The predicted octanol–water partition coefficient (Wildman–Crippen LogP) is 2.90. The minimum atomic E-state index is -0.695. The molecule has 0 aliphatic carbocycles. The van der Waals surface area contributed by atoms with Crippen LogP contribution in [0.1, 0.15) is 31.3 Å². The first-order valence-corrected chi connectivity index (χ1v) is 9.69. The van der Waals surface area contributed by atoms with E-state index in [1.54, 1.807) is 0 Å². The molecule has 0 radical (unpaired) electrons. The molecule has 2 heterocycles. The molecule has 3 rings (SSSR count). The topological polar surface area (TPSA) is 99.8 Å². The summed E-state index contributed by atoms with van der Waals surface area (Å²) in [6.07, 6.45) is 3.07. The van der Waals surface area contributed by atoms with Crippen molar-refractivity contribution in [2.75, 3.05) is 5.32 Å². The number of fused-ring (bicyclic) bond motifs is 1. The molecule has 3 N–H and O–H groups in total. The first kappa shape index (κ1) is 19.0. The lowest BCUT2D eigenvalue weighted by Crippen LogP contribution is -2.44. The Morgan fingerprint density at radius 2 is 1.96 bits per heavy atom. The van der Waals surface area contributed by atoms with Crippen LogP contribution < -0.4 is 10.6 Å². The summed E-state index contributed by atoms with van der Waals surface area (Å²) >= 11 is 1.36. The molecule has 1 unspecified atom stereocenters. The molecular formula is C19H23N5O2S. The highest BCUT2D eigenvalue weighted by molar-refractivity contribution is 7.15. The molecule has 2 amide bonds. The lowest BCUT2D eigenvalue weighted by Gasteiger charge is -2.16. The number of carbonyl (C=O) groups is 2. The van der Waals surface area contributed by atoms with Crippen LogP contribution in [0.5, 0.6) is 0 Å². The Labute approximate surface area is 161 Å². The van der Waals surface area contributed by atoms with Crippen molar-refractivity contribution in [1.82, 2.24) is 20.5 Å². The van der Waals surface area contributed by atoms with E-state index in [9.17, 15) is 9.59 Å². The van der Waals surface area contributed by atoms with Crippen molar-refractivity contribution in [1.29, 1.82) is 0 Å². The summed E-state index contributed by atoms with van der Waals surface area (Å²) in [6.45, 7) is 5.61. The second-order valence-electron chi connectivity index (χ2n) is 6.90. The Morgan fingerprint density at radius 3 is 2.70 bits per heavy atom. The molecule has 0 aliphatic heterocycles. The van der Waals surface area contributed by atoms with Crippen LogP contribution in [0, 0.1) is 5.92 Å². The summed E-state index contributed by atoms with van der Waals surface area (Å²) in [6, 6.07) is 7.17. The molecular weight excluding hydrogens is 362 g/mol. The van der Waals surface area contributed by atoms with Crippen molar-refractivity contribution in [2.45, 2.75) is 39.7 Å². The summed E-state index contributed by atoms with van der Waals surface area (Å²) in [5.74, 6) is -0.0917. The van der Waals surface area contributed by atoms with Crippen molar-refractivity contribution in [3.05, 3.63) is 41.0 Å². The van der Waals surface area contributed by atoms with E-state index in [1.807, 2.05) is 30.5 Å². The predicted molar refractivity (Wildman–Crippen MR) is 107 cm³/mol. The summed E-state index contributed by atoms with van der Waals surface area (Å²) in [5.41, 5.74) is 1.97. The SMILES string of the molecule is CC(=O)NC(Cc1c[nH]c2ccccc12)C(=O)Nc1nnc(CC(C)C)s1. The highest BCUT2D eigenvalue weighted by atomic mass is 32.1. The molecule has 8 heteroatoms. The summed E-state index contributed by atoms with van der Waals surface area (Å²) in [4.78, 5) is 27.5. The van der Waals surface area contributed by atoms with Gasteiger partial charge in [-0.3, -0.25) is 14.9 Å². The van der Waals surface area contributed by atoms with E-state index in [-0.39, 0.29) is 11.8 Å². The zero-order valence-corrected chi connectivity index (χ0v) is 16.4. The average molecular weight is 385 g/mol. The number of anilines is 1. The Hall–Kier alpha value is -2.74. The molecule has 0 spiro atoms. The van der Waals surface area contributed by atoms with Gasteiger partial charge in [-0.25, -0.2) is 0 Å². The van der Waals surface area contributed by atoms with Gasteiger partial charge in [-0.2, -0.15) is 0 Å². The average Bonchev–Trinajstić information content (AvgIpc) is 3.20. The number of nitrogens with zero attached hydrogens (tertiary/aromatic N) is 2. The van der Waals surface area contributed by atoms with E-state index in [0.29, 0.717) is 17.5 Å². The summed E-state index contributed by atoms with van der Waals surface area (Å²) in [5, 5.41) is 16.0. The molecule has 0 aliphatic rings. The summed E-state index contributed by atoms with van der Waals surface area (Å²) in [7, 11) is 0. The van der Waals surface area contributed by atoms with Crippen LogP contribution in [0.3, 0.4) is 0 Å². The zero-order chi connectivity index (χ0) is 19.4. The van der Waals surface area contributed by atoms with Gasteiger partial charge in [-0.15, -0.1) is 10.2 Å². The number of benzene rings is 1. The standard InChI is InChI=1S/C19H23N5O2S/c1-11(2)8-17-23-24-19(27-17)22-18(26)16(21-12(3)25)9-13-10-20-15-7-5-4-6-14(13)15/h4-7,10-11,16,20H,8-9H2,1-3H3,(H,21,25)(H,22,24,26). The van der Waals surface area contributed by atoms with Gasteiger partial charge in [0.25, 0.3) is 0 Å². The zero-order valence-electron chi connectivity index (χ0n) is 15.6. The third-order valence-electron chi connectivity index (χ3n) is 4.07. The number of H-pyrrole nitrogens is 1. The number of aromatic amines is 1. The molecule has 1 aromatic carbocycles. The van der Waals surface area contributed by atoms with Crippen molar-refractivity contribution >= 4 is 39.2 Å². The van der Waals surface area contributed by atoms with Crippen molar-refractivity contribution < 1.29 is 9.59 Å². The fourth-order valence-electron chi connectivity index (χ4n) is 2.90. The maximum absolute atomic E-state index is 12.7. The van der Waals surface area contributed by atoms with Gasteiger partial charge < -0.3 is 10.3 Å². The highest BCUT2D eigenvalue weighted by Gasteiger charge is 2.23. The second kappa shape index (κ2) is 8.30. The molecule has 3 aromatic rings. The monoisotopic (exact) mass is 385 g/mol. The Morgan fingerprint density at radius 1 is 1.19 bits per heavy atom. The van der Waals surface area contributed by atoms with Crippen LogP contribution in [0.4, 0.5) is 5.13 Å². The van der Waals surface area contributed by atoms with Gasteiger partial charge in [0.2, 0.25) is 16.9 Å². The molecule has 0 saturated carbocycles. The van der Waals surface area contributed by atoms with Crippen LogP contribution in [0.15, 0.2) is 30.5 Å². The third kappa shape index (κ3) is 4.91. The lowest BCUT2D eigenvalue weighted by atomic mass is 10.0. The number of rotatable bonds is 7. The highest BCUT2D eigenvalue weighted by Crippen LogP contribution is 2.21. The van der Waals surface area contributed by atoms with Crippen LogP contribution in [-0.4, -0.2) is 33.0 Å². The number of aromatic nitrogens is 3. The second-order valence-corrected chi connectivity index (χ2v) is 7.97. The number of carbonyl (C=O) groups excluding carboxylic acids is 2. The van der Waals surface area contributed by atoms with Gasteiger partial charge in [-0.1, -0.05) is 43.4 Å². The number of para-hydroxylation sites is 1. The fraction of sp³-hybridized carbons (Fsp3) is 0.368. The third-order valence-corrected chi connectivity index (χ3v) is 4.93. The van der Waals surface area contributed by atoms with E-state index in [1.165, 1.54) is 18.3 Å². The molecule has 0 bridgehead atoms. The Balaban J connectivity index is 1.74. The van der Waals surface area contributed by atoms with E-state index in [2.05, 4.69) is 39.7 Å². The number of amides is 2. The smallest absolute Gasteiger partial charge is 0.249 e. The van der Waals surface area contributed by atoms with Crippen molar-refractivity contribution in [3.63, 3.8) is 0 Å². The van der Waals surface area contributed by atoms with Gasteiger partial charge in [0.1, 0.15) is 11.0 Å². The minimum Gasteiger partial charge on any atom is -0.361 e. The molecule has 0 saturated heterocycles. The normalized spacial score (nSPS) is 12.3. The first-order valence-electron chi connectivity index (χ1n) is 8.87. The van der Waals surface area contributed by atoms with Crippen LogP contribution in [0.25, 0.3) is 10.9 Å². The molecule has 142 valence electrons. The van der Waals surface area contributed by atoms with Crippen molar-refractivity contribution in [2.24, 2.45) is 5.92 Å². The van der Waals surface area contributed by atoms with E-state index in [4.69, 9.17) is 0 Å². The van der Waals surface area contributed by atoms with Crippen LogP contribution >= 0.6 is 11.3 Å². The van der Waals surface area contributed by atoms with Gasteiger partial charge >= 0.3 is 0 Å². The molecule has 2 aromatic heterocycles. The molecule has 7 nitrogen and oxygen atoms in total. The first-order chi connectivity index (χ1) is 12.9. The van der Waals surface area contributed by atoms with Crippen molar-refractivity contribution in [3.8, 4) is 0 Å². The largest absolute Gasteiger partial charge is 0.361 e. The van der Waals surface area contributed by atoms with Gasteiger partial charge in [0, 0.05) is 36.9 Å². The quantitative estimate of drug-likeness (QED) is 0.582. The fourth-order valence-corrected chi connectivity index (χ4v) is 3.86. The lowest BCUT2D eigenvalue weighted by molar-refractivity contribution is -0.125. The number of nitrogens with one attached hydrogen (secondary N) is 3. The van der Waals surface area contributed by atoms with E-state index < -0.39 is 6.04 Å². The Bertz CT molecular complexity index is 946. The number of hydrogen-bond donors (Lipinski definition) is 3. The molecule has 27 heavy (non-hydrogen) atoms. The van der Waals surface area contributed by atoms with E-state index in [0.717, 1.165) is 27.9 Å². The Kier molecular flexibility index (Phi) is 5.85. The summed E-state index contributed by atoms with van der Waals surface area (Å²) < 4.78 is 0. The van der Waals surface area contributed by atoms with Gasteiger partial charge in [0.05, 0.1) is 0 Å². The van der Waals surface area contributed by atoms with Crippen LogP contribution in [0.2, 0.25) is 0 Å². The van der Waals surface area contributed by atoms with Crippen LogP contribution in [-0.2, 0) is 22.4 Å². The molecule has 1 atom stereocenters.